The van der Waals surface area contributed by atoms with Crippen molar-refractivity contribution in [2.24, 2.45) is 4.99 Å². The highest BCUT2D eigenvalue weighted by molar-refractivity contribution is 7.16. The number of thiazole rings is 1. The highest BCUT2D eigenvalue weighted by atomic mass is 32.1. The third-order valence-electron chi connectivity index (χ3n) is 5.24. The van der Waals surface area contributed by atoms with Gasteiger partial charge in [0.1, 0.15) is 6.54 Å². The van der Waals surface area contributed by atoms with Crippen LogP contribution in [0.3, 0.4) is 0 Å². The van der Waals surface area contributed by atoms with E-state index in [1.54, 1.807) is 22.8 Å². The molecule has 3 aromatic carbocycles. The topological polar surface area (TPSA) is 89.8 Å². The van der Waals surface area contributed by atoms with Crippen LogP contribution in [0.5, 0.6) is 0 Å². The third kappa shape index (κ3) is 5.13. The van der Waals surface area contributed by atoms with E-state index >= 15 is 0 Å². The van der Waals surface area contributed by atoms with Gasteiger partial charge in [0.05, 0.1) is 23.2 Å². The number of amides is 2. The van der Waals surface area contributed by atoms with Crippen molar-refractivity contribution in [2.75, 3.05) is 12.4 Å². The largest absolute Gasteiger partial charge is 0.468 e. The van der Waals surface area contributed by atoms with Crippen LogP contribution in [0.2, 0.25) is 0 Å². The standard InChI is InChI=1S/C26H23N3O4S/c1-17(30)27-20-13-14-21-22(15-20)34-26(29(21)16-23(31)33-2)28-25(32)24(18-9-5-3-6-10-18)19-11-7-4-8-12-19/h3-15,24H,16H2,1-2H3,(H,27,30). The Labute approximate surface area is 200 Å². The van der Waals surface area contributed by atoms with Crippen molar-refractivity contribution in [2.45, 2.75) is 19.4 Å². The van der Waals surface area contributed by atoms with Crippen molar-refractivity contribution in [3.05, 3.63) is 94.8 Å². The molecule has 0 aliphatic rings. The van der Waals surface area contributed by atoms with Crippen molar-refractivity contribution in [3.8, 4) is 0 Å². The highest BCUT2D eigenvalue weighted by Gasteiger charge is 2.23. The van der Waals surface area contributed by atoms with Gasteiger partial charge >= 0.3 is 5.97 Å². The van der Waals surface area contributed by atoms with Gasteiger partial charge in [-0.3, -0.25) is 14.4 Å². The maximum absolute atomic E-state index is 13.6. The van der Waals surface area contributed by atoms with Gasteiger partial charge in [0, 0.05) is 12.6 Å². The van der Waals surface area contributed by atoms with E-state index in [1.165, 1.54) is 25.4 Å². The molecule has 0 radical (unpaired) electrons. The maximum Gasteiger partial charge on any atom is 0.325 e. The number of aromatic nitrogens is 1. The first kappa shape index (κ1) is 23.1. The first-order valence-corrected chi connectivity index (χ1v) is 11.4. The van der Waals surface area contributed by atoms with E-state index in [4.69, 9.17) is 4.74 Å². The van der Waals surface area contributed by atoms with E-state index in [2.05, 4.69) is 10.3 Å². The molecule has 0 saturated carbocycles. The zero-order chi connectivity index (χ0) is 24.1. The summed E-state index contributed by atoms with van der Waals surface area (Å²) < 4.78 is 7.29. The summed E-state index contributed by atoms with van der Waals surface area (Å²) in [5, 5.41) is 2.75. The lowest BCUT2D eigenvalue weighted by Gasteiger charge is -2.14. The molecule has 2 amide bonds. The number of carbonyl (C=O) groups excluding carboxylic acids is 3. The molecule has 0 spiro atoms. The summed E-state index contributed by atoms with van der Waals surface area (Å²) in [6.45, 7) is 1.34. The smallest absolute Gasteiger partial charge is 0.325 e. The molecule has 0 unspecified atom stereocenters. The quantitative estimate of drug-likeness (QED) is 0.427. The Morgan fingerprint density at radius 1 is 0.971 bits per heavy atom. The van der Waals surface area contributed by atoms with Crippen LogP contribution in [-0.4, -0.2) is 29.5 Å². The fourth-order valence-electron chi connectivity index (χ4n) is 3.71. The number of hydrogen-bond donors (Lipinski definition) is 1. The van der Waals surface area contributed by atoms with Gasteiger partial charge in [-0.2, -0.15) is 4.99 Å². The van der Waals surface area contributed by atoms with Crippen LogP contribution in [0, 0.1) is 0 Å². The summed E-state index contributed by atoms with van der Waals surface area (Å²) in [5.74, 6) is -1.58. The van der Waals surface area contributed by atoms with Crippen LogP contribution in [0.15, 0.2) is 83.9 Å². The number of esters is 1. The zero-order valence-corrected chi connectivity index (χ0v) is 19.5. The molecule has 1 N–H and O–H groups in total. The Bertz CT molecular complexity index is 1370. The summed E-state index contributed by atoms with van der Waals surface area (Å²) >= 11 is 1.27. The van der Waals surface area contributed by atoms with Crippen LogP contribution in [0.4, 0.5) is 5.69 Å². The van der Waals surface area contributed by atoms with Gasteiger partial charge in [-0.15, -0.1) is 0 Å². The maximum atomic E-state index is 13.6. The van der Waals surface area contributed by atoms with Crippen molar-refractivity contribution in [1.29, 1.82) is 0 Å². The molecule has 172 valence electrons. The number of hydrogen-bond acceptors (Lipinski definition) is 5. The Morgan fingerprint density at radius 3 is 2.15 bits per heavy atom. The number of rotatable bonds is 6. The van der Waals surface area contributed by atoms with E-state index in [0.717, 1.165) is 15.8 Å². The molecular weight excluding hydrogens is 450 g/mol. The molecule has 0 atom stereocenters. The number of carbonyl (C=O) groups is 3. The molecule has 7 nitrogen and oxygen atoms in total. The molecule has 1 heterocycles. The number of fused-ring (bicyclic) bond motifs is 1. The average Bonchev–Trinajstić information content (AvgIpc) is 3.16. The van der Waals surface area contributed by atoms with Crippen LogP contribution >= 0.6 is 11.3 Å². The van der Waals surface area contributed by atoms with Crippen molar-refractivity contribution in [3.63, 3.8) is 0 Å². The summed E-state index contributed by atoms with van der Waals surface area (Å²) in [4.78, 5) is 42.0. The molecule has 4 rings (SSSR count). The molecular formula is C26H23N3O4S. The Balaban J connectivity index is 1.85. The fraction of sp³-hybridized carbons (Fsp3) is 0.154. The Kier molecular flexibility index (Phi) is 6.98. The third-order valence-corrected chi connectivity index (χ3v) is 6.28. The number of ether oxygens (including phenoxy) is 1. The second kappa shape index (κ2) is 10.3. The van der Waals surface area contributed by atoms with E-state index in [-0.39, 0.29) is 18.4 Å². The van der Waals surface area contributed by atoms with E-state index in [1.807, 2.05) is 60.7 Å². The first-order valence-electron chi connectivity index (χ1n) is 10.6. The van der Waals surface area contributed by atoms with Crippen LogP contribution in [-0.2, 0) is 25.7 Å². The number of methoxy groups -OCH3 is 1. The van der Waals surface area contributed by atoms with Gasteiger partial charge in [0.15, 0.2) is 4.80 Å². The van der Waals surface area contributed by atoms with E-state index < -0.39 is 11.9 Å². The molecule has 0 saturated heterocycles. The zero-order valence-electron chi connectivity index (χ0n) is 18.7. The van der Waals surface area contributed by atoms with Gasteiger partial charge in [-0.25, -0.2) is 0 Å². The molecule has 0 bridgehead atoms. The number of benzene rings is 3. The van der Waals surface area contributed by atoms with Crippen LogP contribution in [0.1, 0.15) is 24.0 Å². The molecule has 0 aliphatic heterocycles. The summed E-state index contributed by atoms with van der Waals surface area (Å²) in [6, 6.07) is 24.3. The van der Waals surface area contributed by atoms with Crippen molar-refractivity contribution in [1.82, 2.24) is 4.57 Å². The van der Waals surface area contributed by atoms with Gasteiger partial charge in [-0.05, 0) is 29.3 Å². The SMILES string of the molecule is COC(=O)Cn1c(=NC(=O)C(c2ccccc2)c2ccccc2)sc2cc(NC(C)=O)ccc21. The average molecular weight is 474 g/mol. The Morgan fingerprint density at radius 2 is 1.59 bits per heavy atom. The minimum absolute atomic E-state index is 0.0938. The fourth-order valence-corrected chi connectivity index (χ4v) is 4.79. The van der Waals surface area contributed by atoms with Crippen LogP contribution < -0.4 is 10.1 Å². The van der Waals surface area contributed by atoms with E-state index in [0.29, 0.717) is 16.0 Å². The second-order valence-electron chi connectivity index (χ2n) is 7.62. The van der Waals surface area contributed by atoms with Crippen LogP contribution in [0.25, 0.3) is 10.2 Å². The molecule has 1 aromatic heterocycles. The molecule has 0 fully saturated rings. The molecule has 8 heteroatoms. The number of nitrogens with one attached hydrogen (secondary N) is 1. The molecule has 34 heavy (non-hydrogen) atoms. The second-order valence-corrected chi connectivity index (χ2v) is 8.62. The van der Waals surface area contributed by atoms with Gasteiger partial charge in [-0.1, -0.05) is 72.0 Å². The van der Waals surface area contributed by atoms with Gasteiger partial charge < -0.3 is 14.6 Å². The Hall–Kier alpha value is -4.04. The highest BCUT2D eigenvalue weighted by Crippen LogP contribution is 2.27. The van der Waals surface area contributed by atoms with E-state index in [9.17, 15) is 14.4 Å². The summed E-state index contributed by atoms with van der Waals surface area (Å²) in [5.41, 5.74) is 3.00. The van der Waals surface area contributed by atoms with Gasteiger partial charge in [0.25, 0.3) is 5.91 Å². The summed E-state index contributed by atoms with van der Waals surface area (Å²) in [7, 11) is 1.31. The first-order chi connectivity index (χ1) is 16.5. The lowest BCUT2D eigenvalue weighted by Crippen LogP contribution is -2.24. The normalized spacial score (nSPS) is 11.6. The van der Waals surface area contributed by atoms with Crippen molar-refractivity contribution < 1.29 is 19.1 Å². The number of anilines is 1. The molecule has 4 aromatic rings. The summed E-state index contributed by atoms with van der Waals surface area (Å²) in [6.07, 6.45) is 0. The lowest BCUT2D eigenvalue weighted by molar-refractivity contribution is -0.141. The predicted octanol–water partition coefficient (Wildman–Crippen LogP) is 4.09. The monoisotopic (exact) mass is 473 g/mol. The number of nitrogens with zero attached hydrogens (tertiary/aromatic N) is 2. The molecule has 0 aliphatic carbocycles. The predicted molar refractivity (Wildman–Crippen MR) is 131 cm³/mol. The van der Waals surface area contributed by atoms with Crippen molar-refractivity contribution >= 4 is 45.0 Å². The van der Waals surface area contributed by atoms with Gasteiger partial charge in [0.2, 0.25) is 5.91 Å². The lowest BCUT2D eigenvalue weighted by atomic mass is 9.91. The minimum atomic E-state index is -0.589. The minimum Gasteiger partial charge on any atom is -0.468 e.